The number of H-pyrrole nitrogens is 1. The number of hydrogen-bond acceptors (Lipinski definition) is 2. The Kier molecular flexibility index (Phi) is 6.20. The van der Waals surface area contributed by atoms with Gasteiger partial charge in [-0.25, -0.2) is 9.18 Å². The molecule has 0 radical (unpaired) electrons. The predicted molar refractivity (Wildman–Crippen MR) is 115 cm³/mol. The first-order valence-electron chi connectivity index (χ1n) is 9.58. The normalized spacial score (nSPS) is 11.2. The highest BCUT2D eigenvalue weighted by atomic mass is 19.1. The third-order valence-corrected chi connectivity index (χ3v) is 4.94. The Morgan fingerprint density at radius 2 is 1.73 bits per heavy atom. The third-order valence-electron chi connectivity index (χ3n) is 4.94. The zero-order chi connectivity index (χ0) is 21.7. The van der Waals surface area contributed by atoms with E-state index in [0.29, 0.717) is 18.5 Å². The van der Waals surface area contributed by atoms with Crippen LogP contribution >= 0.6 is 0 Å². The van der Waals surface area contributed by atoms with Gasteiger partial charge in [-0.15, -0.1) is 0 Å². The maximum absolute atomic E-state index is 13.6. The molecule has 6 nitrogen and oxygen atoms in total. The van der Waals surface area contributed by atoms with Crippen molar-refractivity contribution < 1.29 is 19.1 Å². The Bertz CT molecular complexity index is 1040. The summed E-state index contributed by atoms with van der Waals surface area (Å²) in [7, 11) is 0. The van der Waals surface area contributed by atoms with Crippen LogP contribution in [0.4, 0.5) is 20.6 Å². The Morgan fingerprint density at radius 3 is 2.40 bits per heavy atom. The number of aliphatic carboxylic acids is 1. The minimum absolute atomic E-state index is 0.109. The molecule has 0 fully saturated rings. The zero-order valence-corrected chi connectivity index (χ0v) is 16.8. The van der Waals surface area contributed by atoms with Gasteiger partial charge in [0.2, 0.25) is 0 Å². The van der Waals surface area contributed by atoms with Crippen molar-refractivity contribution in [2.45, 2.75) is 26.7 Å². The van der Waals surface area contributed by atoms with Gasteiger partial charge >= 0.3 is 12.0 Å². The van der Waals surface area contributed by atoms with Gasteiger partial charge in [0.1, 0.15) is 5.82 Å². The van der Waals surface area contributed by atoms with Gasteiger partial charge in [-0.2, -0.15) is 0 Å². The molecule has 156 valence electrons. The molecular weight excluding hydrogens is 385 g/mol. The average Bonchev–Trinajstić information content (AvgIpc) is 3.18. The van der Waals surface area contributed by atoms with E-state index < -0.39 is 23.2 Å². The topological polar surface area (TPSA) is 94.2 Å². The second-order valence-corrected chi connectivity index (χ2v) is 7.74. The molecule has 3 aromatic rings. The van der Waals surface area contributed by atoms with Crippen molar-refractivity contribution in [2.24, 2.45) is 5.41 Å². The quantitative estimate of drug-likeness (QED) is 0.414. The Morgan fingerprint density at radius 1 is 1.03 bits per heavy atom. The molecular formula is C23H24FN3O3. The van der Waals surface area contributed by atoms with Crippen LogP contribution in [-0.2, 0) is 11.2 Å². The second kappa shape index (κ2) is 8.82. The van der Waals surface area contributed by atoms with Gasteiger partial charge in [0.05, 0.1) is 11.1 Å². The molecule has 2 aromatic carbocycles. The second-order valence-electron chi connectivity index (χ2n) is 7.74. The molecule has 0 unspecified atom stereocenters. The number of carboxylic acids is 1. The molecule has 0 bridgehead atoms. The highest BCUT2D eigenvalue weighted by Gasteiger charge is 2.26. The van der Waals surface area contributed by atoms with Crippen molar-refractivity contribution in [1.29, 1.82) is 0 Å². The molecule has 30 heavy (non-hydrogen) atoms. The molecule has 0 saturated carbocycles. The molecule has 0 aliphatic rings. The highest BCUT2D eigenvalue weighted by Crippen LogP contribution is 2.26. The first kappa shape index (κ1) is 21.1. The fourth-order valence-electron chi connectivity index (χ4n) is 2.90. The number of halogens is 1. The molecule has 3 rings (SSSR count). The van der Waals surface area contributed by atoms with Crippen molar-refractivity contribution in [3.8, 4) is 11.1 Å². The van der Waals surface area contributed by atoms with E-state index >= 15 is 0 Å². The molecule has 1 aromatic heterocycles. The number of carbonyl (C=O) groups excluding carboxylic acids is 1. The molecule has 0 atom stereocenters. The van der Waals surface area contributed by atoms with E-state index in [4.69, 9.17) is 0 Å². The Hall–Kier alpha value is -3.61. The summed E-state index contributed by atoms with van der Waals surface area (Å²) in [4.78, 5) is 26.5. The molecule has 1 heterocycles. The largest absolute Gasteiger partial charge is 0.481 e. The lowest BCUT2D eigenvalue weighted by molar-refractivity contribution is -0.147. The number of aryl methyl sites for hydroxylation is 1. The number of anilines is 2. The average molecular weight is 409 g/mol. The number of aromatic nitrogens is 1. The summed E-state index contributed by atoms with van der Waals surface area (Å²) >= 11 is 0. The summed E-state index contributed by atoms with van der Waals surface area (Å²) < 4.78 is 13.6. The van der Waals surface area contributed by atoms with E-state index in [0.717, 1.165) is 16.8 Å². The molecule has 7 heteroatoms. The number of carboxylic acid groups (broad SMARTS) is 1. The Balaban J connectivity index is 1.59. The summed E-state index contributed by atoms with van der Waals surface area (Å²) in [6.07, 6.45) is 3.04. The fourth-order valence-corrected chi connectivity index (χ4v) is 2.90. The lowest BCUT2D eigenvalue weighted by Crippen LogP contribution is -2.24. The molecule has 4 N–H and O–H groups in total. The van der Waals surface area contributed by atoms with E-state index in [1.807, 2.05) is 24.4 Å². The van der Waals surface area contributed by atoms with Gasteiger partial charge in [0.15, 0.2) is 0 Å². The van der Waals surface area contributed by atoms with Crippen molar-refractivity contribution in [1.82, 2.24) is 4.98 Å². The number of nitrogens with one attached hydrogen (secondary N) is 3. The van der Waals surface area contributed by atoms with Crippen molar-refractivity contribution >= 4 is 23.4 Å². The van der Waals surface area contributed by atoms with Crippen LogP contribution in [0, 0.1) is 11.2 Å². The van der Waals surface area contributed by atoms with Crippen LogP contribution in [0.2, 0.25) is 0 Å². The molecule has 0 aliphatic carbocycles. The van der Waals surface area contributed by atoms with Crippen molar-refractivity contribution in [2.75, 3.05) is 10.6 Å². The maximum atomic E-state index is 13.6. The van der Waals surface area contributed by atoms with Crippen molar-refractivity contribution in [3.05, 3.63) is 72.3 Å². The molecule has 0 aliphatic heterocycles. The van der Waals surface area contributed by atoms with Crippen molar-refractivity contribution in [3.63, 3.8) is 0 Å². The maximum Gasteiger partial charge on any atom is 0.323 e. The number of urea groups is 1. The van der Waals surface area contributed by atoms with E-state index in [1.54, 1.807) is 38.1 Å². The van der Waals surface area contributed by atoms with Crippen LogP contribution < -0.4 is 10.6 Å². The van der Waals surface area contributed by atoms with Gasteiger partial charge in [-0.05, 0) is 68.1 Å². The third kappa shape index (κ3) is 5.26. The molecule has 2 amide bonds. The predicted octanol–water partition coefficient (Wildman–Crippen LogP) is 5.51. The van der Waals surface area contributed by atoms with Gasteiger partial charge < -0.3 is 20.7 Å². The summed E-state index contributed by atoms with van der Waals surface area (Å²) in [6, 6.07) is 14.7. The lowest BCUT2D eigenvalue weighted by Gasteiger charge is -2.17. The number of para-hydroxylation sites is 1. The number of carbonyl (C=O) groups is 2. The monoisotopic (exact) mass is 409 g/mol. The van der Waals surface area contributed by atoms with Gasteiger partial charge in [-0.3, -0.25) is 4.79 Å². The summed E-state index contributed by atoms with van der Waals surface area (Å²) in [6.45, 7) is 3.43. The highest BCUT2D eigenvalue weighted by molar-refractivity contribution is 5.99. The van der Waals surface area contributed by atoms with E-state index in [2.05, 4.69) is 15.6 Å². The summed E-state index contributed by atoms with van der Waals surface area (Å²) in [5.74, 6) is -1.31. The standard InChI is InChI=1S/C23H24FN3O3/c1-23(2,21(28)29)12-11-18-13-16(14-25-18)15-7-9-17(10-8-15)26-22(30)27-20-6-4-3-5-19(20)24/h3-10,13-14,25H,11-12H2,1-2H3,(H,28,29)(H2,26,27,30). The minimum atomic E-state index is -0.809. The van der Waals surface area contributed by atoms with Crippen LogP contribution in [0.5, 0.6) is 0 Å². The number of rotatable bonds is 7. The van der Waals surface area contributed by atoms with Gasteiger partial charge in [0, 0.05) is 17.6 Å². The van der Waals surface area contributed by atoms with Gasteiger partial charge in [-0.1, -0.05) is 24.3 Å². The van der Waals surface area contributed by atoms with E-state index in [-0.39, 0.29) is 5.69 Å². The Labute approximate surface area is 174 Å². The summed E-state index contributed by atoms with van der Waals surface area (Å²) in [5.41, 5.74) is 2.80. The van der Waals surface area contributed by atoms with Crippen LogP contribution in [0.15, 0.2) is 60.8 Å². The number of aromatic amines is 1. The van der Waals surface area contributed by atoms with Crippen LogP contribution in [0.3, 0.4) is 0 Å². The molecule has 0 saturated heterocycles. The zero-order valence-electron chi connectivity index (χ0n) is 16.8. The smallest absolute Gasteiger partial charge is 0.323 e. The van der Waals surface area contributed by atoms with Gasteiger partial charge in [0.25, 0.3) is 0 Å². The molecule has 0 spiro atoms. The van der Waals surface area contributed by atoms with Crippen LogP contribution in [0.1, 0.15) is 26.0 Å². The minimum Gasteiger partial charge on any atom is -0.481 e. The first-order valence-corrected chi connectivity index (χ1v) is 9.58. The summed E-state index contributed by atoms with van der Waals surface area (Å²) in [5, 5.41) is 14.4. The van der Waals surface area contributed by atoms with Crippen LogP contribution in [-0.4, -0.2) is 22.1 Å². The number of amides is 2. The SMILES string of the molecule is CC(C)(CCc1cc(-c2ccc(NC(=O)Nc3ccccc3F)cc2)c[nH]1)C(=O)O. The number of hydrogen-bond donors (Lipinski definition) is 4. The fraction of sp³-hybridized carbons (Fsp3) is 0.217. The first-order chi connectivity index (χ1) is 14.2. The number of benzene rings is 2. The van der Waals surface area contributed by atoms with Crippen LogP contribution in [0.25, 0.3) is 11.1 Å². The lowest BCUT2D eigenvalue weighted by atomic mass is 9.87. The van der Waals surface area contributed by atoms with E-state index in [9.17, 15) is 19.1 Å². The van der Waals surface area contributed by atoms with E-state index in [1.165, 1.54) is 12.1 Å².